The van der Waals surface area contributed by atoms with E-state index in [-0.39, 0.29) is 16.9 Å². The molecule has 0 aromatic heterocycles. The van der Waals surface area contributed by atoms with E-state index in [0.717, 1.165) is 0 Å². The summed E-state index contributed by atoms with van der Waals surface area (Å²) in [5.41, 5.74) is 5.86. The van der Waals surface area contributed by atoms with Gasteiger partial charge >= 0.3 is 0 Å². The lowest BCUT2D eigenvalue weighted by atomic mass is 10.1. The summed E-state index contributed by atoms with van der Waals surface area (Å²) < 4.78 is 0. The molecule has 0 unspecified atom stereocenters. The first kappa shape index (κ1) is 15.1. The van der Waals surface area contributed by atoms with Crippen LogP contribution in [0.5, 0.6) is 0 Å². The predicted molar refractivity (Wildman–Crippen MR) is 81.9 cm³/mol. The number of carbonyl (C=O) groups excluding carboxylic acids is 1. The van der Waals surface area contributed by atoms with Crippen molar-refractivity contribution in [3.8, 4) is 0 Å². The quantitative estimate of drug-likeness (QED) is 0.510. The van der Waals surface area contributed by atoms with Crippen molar-refractivity contribution >= 4 is 46.2 Å². The van der Waals surface area contributed by atoms with Crippen molar-refractivity contribution < 1.29 is 9.72 Å². The van der Waals surface area contributed by atoms with Crippen LogP contribution in [0.4, 0.5) is 17.1 Å². The molecular weight excluding hydrogens is 317 g/mol. The van der Waals surface area contributed by atoms with Crippen molar-refractivity contribution in [2.24, 2.45) is 0 Å². The monoisotopic (exact) mass is 325 g/mol. The Labute approximate surface area is 129 Å². The Morgan fingerprint density at radius 1 is 1.14 bits per heavy atom. The van der Waals surface area contributed by atoms with Gasteiger partial charge in [0.1, 0.15) is 5.69 Å². The lowest BCUT2D eigenvalue weighted by molar-refractivity contribution is -0.383. The van der Waals surface area contributed by atoms with Crippen LogP contribution in [0.25, 0.3) is 0 Å². The van der Waals surface area contributed by atoms with E-state index in [1.165, 1.54) is 24.3 Å². The highest BCUT2D eigenvalue weighted by atomic mass is 35.5. The normalized spacial score (nSPS) is 10.2. The number of halogens is 2. The zero-order valence-electron chi connectivity index (χ0n) is 10.5. The second kappa shape index (κ2) is 5.99. The molecule has 108 valence electrons. The predicted octanol–water partition coefficient (Wildman–Crippen LogP) is 3.74. The van der Waals surface area contributed by atoms with Crippen molar-refractivity contribution in [3.63, 3.8) is 0 Å². The third-order valence-corrected chi connectivity index (χ3v) is 3.40. The summed E-state index contributed by atoms with van der Waals surface area (Å²) >= 11 is 11.6. The molecule has 2 aromatic carbocycles. The highest BCUT2D eigenvalue weighted by Crippen LogP contribution is 2.26. The standard InChI is InChI=1S/C13H9Cl2N3O3/c14-9-3-2-8(6-10(9)15)17-13(19)7-1-4-12(18(20)21)11(16)5-7/h1-6H,16H2,(H,17,19). The van der Waals surface area contributed by atoms with Crippen LogP contribution < -0.4 is 11.1 Å². The van der Waals surface area contributed by atoms with E-state index in [9.17, 15) is 14.9 Å². The van der Waals surface area contributed by atoms with Gasteiger partial charge in [0.05, 0.1) is 15.0 Å². The smallest absolute Gasteiger partial charge is 0.292 e. The topological polar surface area (TPSA) is 98.3 Å². The van der Waals surface area contributed by atoms with Crippen LogP contribution in [0, 0.1) is 10.1 Å². The second-order valence-corrected chi connectivity index (χ2v) is 4.93. The van der Waals surface area contributed by atoms with Crippen molar-refractivity contribution in [3.05, 3.63) is 62.1 Å². The number of nitrogens with zero attached hydrogens (tertiary/aromatic N) is 1. The first-order valence-electron chi connectivity index (χ1n) is 5.69. The number of amides is 1. The highest BCUT2D eigenvalue weighted by Gasteiger charge is 2.14. The maximum Gasteiger partial charge on any atom is 0.292 e. The van der Waals surface area contributed by atoms with Crippen LogP contribution in [0.3, 0.4) is 0 Å². The third-order valence-electron chi connectivity index (χ3n) is 2.66. The lowest BCUT2D eigenvalue weighted by Crippen LogP contribution is -2.12. The summed E-state index contributed by atoms with van der Waals surface area (Å²) in [6.45, 7) is 0. The first-order chi connectivity index (χ1) is 9.88. The van der Waals surface area contributed by atoms with Gasteiger partial charge in [0.25, 0.3) is 11.6 Å². The van der Waals surface area contributed by atoms with E-state index >= 15 is 0 Å². The summed E-state index contributed by atoms with van der Waals surface area (Å²) in [7, 11) is 0. The van der Waals surface area contributed by atoms with Crippen LogP contribution in [0.2, 0.25) is 10.0 Å². The second-order valence-electron chi connectivity index (χ2n) is 4.11. The minimum atomic E-state index is -0.615. The number of anilines is 2. The maximum absolute atomic E-state index is 12.0. The summed E-state index contributed by atoms with van der Waals surface area (Å²) in [6.07, 6.45) is 0. The number of hydrogen-bond donors (Lipinski definition) is 2. The molecule has 2 rings (SSSR count). The summed E-state index contributed by atoms with van der Waals surface area (Å²) in [4.78, 5) is 22.1. The minimum absolute atomic E-state index is 0.0817. The molecule has 8 heteroatoms. The fraction of sp³-hybridized carbons (Fsp3) is 0. The van der Waals surface area contributed by atoms with E-state index in [1.54, 1.807) is 12.1 Å². The summed E-state index contributed by atoms with van der Waals surface area (Å²) in [5, 5.41) is 13.9. The van der Waals surface area contributed by atoms with Crippen molar-refractivity contribution in [2.75, 3.05) is 11.1 Å². The van der Waals surface area contributed by atoms with Crippen LogP contribution in [0.1, 0.15) is 10.4 Å². The van der Waals surface area contributed by atoms with Gasteiger partial charge in [-0.3, -0.25) is 14.9 Å². The number of nitro benzene ring substituents is 1. The molecule has 0 radical (unpaired) electrons. The SMILES string of the molecule is Nc1cc(C(=O)Nc2ccc(Cl)c(Cl)c2)ccc1[N+](=O)[O-]. The first-order valence-corrected chi connectivity index (χ1v) is 6.44. The zero-order chi connectivity index (χ0) is 15.6. The molecule has 21 heavy (non-hydrogen) atoms. The molecule has 0 atom stereocenters. The Hall–Kier alpha value is -2.31. The number of carbonyl (C=O) groups is 1. The Balaban J connectivity index is 2.22. The number of hydrogen-bond acceptors (Lipinski definition) is 4. The molecule has 0 saturated carbocycles. The lowest BCUT2D eigenvalue weighted by Gasteiger charge is -2.07. The van der Waals surface area contributed by atoms with E-state index in [2.05, 4.69) is 5.32 Å². The molecule has 1 amide bonds. The van der Waals surface area contributed by atoms with Gasteiger partial charge in [-0.25, -0.2) is 0 Å². The molecule has 0 spiro atoms. The molecule has 0 fully saturated rings. The molecule has 0 saturated heterocycles. The minimum Gasteiger partial charge on any atom is -0.393 e. The van der Waals surface area contributed by atoms with Crippen molar-refractivity contribution in [1.82, 2.24) is 0 Å². The van der Waals surface area contributed by atoms with Crippen molar-refractivity contribution in [1.29, 1.82) is 0 Å². The molecule has 0 heterocycles. The Morgan fingerprint density at radius 3 is 2.43 bits per heavy atom. The Kier molecular flexibility index (Phi) is 4.30. The van der Waals surface area contributed by atoms with Crippen LogP contribution in [0.15, 0.2) is 36.4 Å². The molecule has 3 N–H and O–H groups in total. The van der Waals surface area contributed by atoms with Gasteiger partial charge < -0.3 is 11.1 Å². The number of nitrogens with two attached hydrogens (primary N) is 1. The van der Waals surface area contributed by atoms with Crippen molar-refractivity contribution in [2.45, 2.75) is 0 Å². The highest BCUT2D eigenvalue weighted by molar-refractivity contribution is 6.42. The number of nitrogens with one attached hydrogen (secondary N) is 1. The summed E-state index contributed by atoms with van der Waals surface area (Å²) in [5.74, 6) is -0.463. The molecule has 0 bridgehead atoms. The van der Waals surface area contributed by atoms with E-state index < -0.39 is 10.8 Å². The van der Waals surface area contributed by atoms with E-state index in [1.807, 2.05) is 0 Å². The molecular formula is C13H9Cl2N3O3. The number of nitrogen functional groups attached to an aromatic ring is 1. The Morgan fingerprint density at radius 2 is 1.86 bits per heavy atom. The number of rotatable bonds is 3. The maximum atomic E-state index is 12.0. The van der Waals surface area contributed by atoms with Gasteiger partial charge in [-0.05, 0) is 30.3 Å². The molecule has 0 aliphatic rings. The van der Waals surface area contributed by atoms with E-state index in [0.29, 0.717) is 15.7 Å². The van der Waals surface area contributed by atoms with Gasteiger partial charge in [0.2, 0.25) is 0 Å². The number of benzene rings is 2. The Bertz CT molecular complexity index is 735. The molecule has 2 aromatic rings. The molecule has 0 aliphatic heterocycles. The third kappa shape index (κ3) is 3.42. The largest absolute Gasteiger partial charge is 0.393 e. The average molecular weight is 326 g/mol. The van der Waals surface area contributed by atoms with Gasteiger partial charge in [-0.15, -0.1) is 0 Å². The van der Waals surface area contributed by atoms with Crippen LogP contribution in [-0.4, -0.2) is 10.8 Å². The summed E-state index contributed by atoms with van der Waals surface area (Å²) in [6, 6.07) is 8.37. The zero-order valence-corrected chi connectivity index (χ0v) is 12.0. The van der Waals surface area contributed by atoms with Crippen LogP contribution in [-0.2, 0) is 0 Å². The van der Waals surface area contributed by atoms with Gasteiger partial charge in [0.15, 0.2) is 0 Å². The number of nitro groups is 1. The fourth-order valence-corrected chi connectivity index (χ4v) is 1.94. The van der Waals surface area contributed by atoms with E-state index in [4.69, 9.17) is 28.9 Å². The van der Waals surface area contributed by atoms with Gasteiger partial charge in [-0.1, -0.05) is 23.2 Å². The average Bonchev–Trinajstić information content (AvgIpc) is 2.42. The molecule has 6 nitrogen and oxygen atoms in total. The van der Waals surface area contributed by atoms with Gasteiger partial charge in [-0.2, -0.15) is 0 Å². The molecule has 0 aliphatic carbocycles. The van der Waals surface area contributed by atoms with Crippen LogP contribution >= 0.6 is 23.2 Å². The fourth-order valence-electron chi connectivity index (χ4n) is 1.64. The van der Waals surface area contributed by atoms with Gasteiger partial charge in [0, 0.05) is 17.3 Å².